The van der Waals surface area contributed by atoms with Gasteiger partial charge in [0.15, 0.2) is 5.54 Å². The van der Waals surface area contributed by atoms with Gasteiger partial charge in [0.25, 0.3) is 5.91 Å². The molecule has 3 rings (SSSR count). The first-order valence-corrected chi connectivity index (χ1v) is 8.29. The zero-order valence-electron chi connectivity index (χ0n) is 14.6. The van der Waals surface area contributed by atoms with E-state index in [1.807, 2.05) is 0 Å². The number of furan rings is 1. The van der Waals surface area contributed by atoms with Crippen LogP contribution in [-0.4, -0.2) is 47.0 Å². The zero-order chi connectivity index (χ0) is 18.4. The number of amides is 3. The number of hydrogen-bond acceptors (Lipinski definition) is 5. The van der Waals surface area contributed by atoms with Gasteiger partial charge in [0.1, 0.15) is 11.4 Å². The van der Waals surface area contributed by atoms with Crippen LogP contribution in [0.5, 0.6) is 0 Å². The highest BCUT2D eigenvalue weighted by atomic mass is 16.6. The number of nitrogens with two attached hydrogens (primary N) is 1. The van der Waals surface area contributed by atoms with Gasteiger partial charge in [-0.1, -0.05) is 0 Å². The third kappa shape index (κ3) is 3.47. The molecule has 1 aromatic heterocycles. The molecule has 8 heteroatoms. The molecule has 1 saturated heterocycles. The van der Waals surface area contributed by atoms with Crippen molar-refractivity contribution in [3.05, 3.63) is 23.7 Å². The van der Waals surface area contributed by atoms with Crippen molar-refractivity contribution in [1.82, 2.24) is 10.2 Å². The SMILES string of the molecule is CC(C)(C)OC(=O)N1CC(NC(=O)c2ccoc2C2CC2)(C(N)=O)C1. The first-order chi connectivity index (χ1) is 11.6. The summed E-state index contributed by atoms with van der Waals surface area (Å²) in [5.74, 6) is -0.198. The van der Waals surface area contributed by atoms with Crippen LogP contribution in [0.3, 0.4) is 0 Å². The van der Waals surface area contributed by atoms with Gasteiger partial charge in [-0.05, 0) is 39.7 Å². The van der Waals surface area contributed by atoms with Crippen molar-refractivity contribution >= 4 is 17.9 Å². The summed E-state index contributed by atoms with van der Waals surface area (Å²) in [7, 11) is 0. The molecule has 0 radical (unpaired) electrons. The van der Waals surface area contributed by atoms with E-state index in [1.165, 1.54) is 11.2 Å². The predicted molar refractivity (Wildman–Crippen MR) is 87.9 cm³/mol. The Morgan fingerprint density at radius 1 is 1.32 bits per heavy atom. The molecule has 1 aliphatic carbocycles. The largest absolute Gasteiger partial charge is 0.468 e. The summed E-state index contributed by atoms with van der Waals surface area (Å²) in [5.41, 5.74) is 3.97. The number of nitrogens with one attached hydrogen (secondary N) is 1. The van der Waals surface area contributed by atoms with Crippen LogP contribution in [0.4, 0.5) is 4.79 Å². The summed E-state index contributed by atoms with van der Waals surface area (Å²) in [4.78, 5) is 37.8. The molecule has 2 aliphatic rings. The fourth-order valence-electron chi connectivity index (χ4n) is 2.81. The molecule has 2 fully saturated rings. The van der Waals surface area contributed by atoms with Gasteiger partial charge in [-0.15, -0.1) is 0 Å². The summed E-state index contributed by atoms with van der Waals surface area (Å²) >= 11 is 0. The van der Waals surface area contributed by atoms with E-state index in [1.54, 1.807) is 26.8 Å². The molecule has 0 spiro atoms. The highest BCUT2D eigenvalue weighted by Crippen LogP contribution is 2.42. The predicted octanol–water partition coefficient (Wildman–Crippen LogP) is 1.36. The maximum absolute atomic E-state index is 12.6. The minimum atomic E-state index is -1.29. The van der Waals surface area contributed by atoms with E-state index in [0.29, 0.717) is 11.3 Å². The number of carbonyl (C=O) groups is 3. The Morgan fingerprint density at radius 2 is 1.96 bits per heavy atom. The van der Waals surface area contributed by atoms with Crippen molar-refractivity contribution in [3.8, 4) is 0 Å². The number of primary amides is 1. The van der Waals surface area contributed by atoms with Gasteiger partial charge in [-0.25, -0.2) is 4.79 Å². The van der Waals surface area contributed by atoms with E-state index < -0.39 is 29.0 Å². The Balaban J connectivity index is 1.67. The number of nitrogens with zero attached hydrogens (tertiary/aromatic N) is 1. The van der Waals surface area contributed by atoms with Crippen LogP contribution in [0.2, 0.25) is 0 Å². The molecular weight excluding hydrogens is 326 g/mol. The summed E-state index contributed by atoms with van der Waals surface area (Å²) in [6.45, 7) is 5.24. The average Bonchev–Trinajstić information content (AvgIpc) is 3.16. The highest BCUT2D eigenvalue weighted by Gasteiger charge is 2.52. The van der Waals surface area contributed by atoms with Gasteiger partial charge < -0.3 is 25.1 Å². The molecule has 0 aromatic carbocycles. The van der Waals surface area contributed by atoms with Crippen molar-refractivity contribution in [3.63, 3.8) is 0 Å². The molecule has 0 bridgehead atoms. The Kier molecular flexibility index (Phi) is 4.01. The Bertz CT molecular complexity index is 708. The number of likely N-dealkylation sites (tertiary alicyclic amines) is 1. The summed E-state index contributed by atoms with van der Waals surface area (Å²) < 4.78 is 10.6. The number of hydrogen-bond donors (Lipinski definition) is 2. The Hall–Kier alpha value is -2.51. The zero-order valence-corrected chi connectivity index (χ0v) is 14.6. The molecule has 1 saturated carbocycles. The van der Waals surface area contributed by atoms with Gasteiger partial charge in [-0.3, -0.25) is 9.59 Å². The molecule has 0 unspecified atom stereocenters. The van der Waals surface area contributed by atoms with Crippen LogP contribution in [0, 0.1) is 0 Å². The van der Waals surface area contributed by atoms with Gasteiger partial charge in [0.2, 0.25) is 5.91 Å². The smallest absolute Gasteiger partial charge is 0.410 e. The maximum atomic E-state index is 12.6. The molecular formula is C17H23N3O5. The van der Waals surface area contributed by atoms with Crippen molar-refractivity contribution < 1.29 is 23.5 Å². The van der Waals surface area contributed by atoms with E-state index in [-0.39, 0.29) is 19.0 Å². The highest BCUT2D eigenvalue weighted by molar-refractivity contribution is 6.01. The lowest BCUT2D eigenvalue weighted by molar-refractivity contribution is -0.130. The summed E-state index contributed by atoms with van der Waals surface area (Å²) in [5, 5.41) is 2.68. The molecule has 136 valence electrons. The second-order valence-corrected chi connectivity index (χ2v) is 7.71. The summed E-state index contributed by atoms with van der Waals surface area (Å²) in [6, 6.07) is 1.59. The minimum Gasteiger partial charge on any atom is -0.468 e. The fourth-order valence-corrected chi connectivity index (χ4v) is 2.81. The van der Waals surface area contributed by atoms with Gasteiger partial charge >= 0.3 is 6.09 Å². The van der Waals surface area contributed by atoms with Crippen LogP contribution >= 0.6 is 0 Å². The van der Waals surface area contributed by atoms with E-state index in [9.17, 15) is 14.4 Å². The Morgan fingerprint density at radius 3 is 2.48 bits per heavy atom. The van der Waals surface area contributed by atoms with Crippen LogP contribution in [0.1, 0.15) is 55.6 Å². The molecule has 8 nitrogen and oxygen atoms in total. The number of ether oxygens (including phenoxy) is 1. The molecule has 3 amide bonds. The van der Waals surface area contributed by atoms with Crippen LogP contribution < -0.4 is 11.1 Å². The topological polar surface area (TPSA) is 115 Å². The number of carbonyl (C=O) groups excluding carboxylic acids is 3. The van der Waals surface area contributed by atoms with E-state index >= 15 is 0 Å². The lowest BCUT2D eigenvalue weighted by Gasteiger charge is -2.47. The average molecular weight is 349 g/mol. The standard InChI is InChI=1S/C17H23N3O5/c1-16(2,3)25-15(23)20-8-17(9-20,14(18)22)19-13(21)11-6-7-24-12(11)10-4-5-10/h6-7,10H,4-5,8-9H2,1-3H3,(H2,18,22)(H,19,21). The fraction of sp³-hybridized carbons (Fsp3) is 0.588. The number of rotatable bonds is 4. The van der Waals surface area contributed by atoms with Crippen LogP contribution in [0.15, 0.2) is 16.7 Å². The van der Waals surface area contributed by atoms with Crippen molar-refractivity contribution in [2.75, 3.05) is 13.1 Å². The molecule has 1 aliphatic heterocycles. The molecule has 25 heavy (non-hydrogen) atoms. The van der Waals surface area contributed by atoms with Gasteiger partial charge in [-0.2, -0.15) is 0 Å². The Labute approximate surface area is 145 Å². The monoisotopic (exact) mass is 349 g/mol. The first-order valence-electron chi connectivity index (χ1n) is 8.29. The van der Waals surface area contributed by atoms with Crippen LogP contribution in [-0.2, 0) is 9.53 Å². The maximum Gasteiger partial charge on any atom is 0.410 e. The molecule has 0 atom stereocenters. The lowest BCUT2D eigenvalue weighted by Crippen LogP contribution is -2.76. The van der Waals surface area contributed by atoms with Gasteiger partial charge in [0.05, 0.1) is 24.9 Å². The second-order valence-electron chi connectivity index (χ2n) is 7.71. The molecule has 3 N–H and O–H groups in total. The van der Waals surface area contributed by atoms with Crippen LogP contribution in [0.25, 0.3) is 0 Å². The summed E-state index contributed by atoms with van der Waals surface area (Å²) in [6.07, 6.45) is 2.90. The van der Waals surface area contributed by atoms with Crippen molar-refractivity contribution in [2.24, 2.45) is 5.73 Å². The van der Waals surface area contributed by atoms with Gasteiger partial charge in [0, 0.05) is 5.92 Å². The normalized spacial score (nSPS) is 19.1. The molecule has 2 heterocycles. The van der Waals surface area contributed by atoms with Crippen molar-refractivity contribution in [2.45, 2.75) is 50.7 Å². The van der Waals surface area contributed by atoms with E-state index in [2.05, 4.69) is 5.32 Å². The third-order valence-electron chi connectivity index (χ3n) is 4.29. The second kappa shape index (κ2) is 5.79. The lowest BCUT2D eigenvalue weighted by atomic mass is 9.88. The van der Waals surface area contributed by atoms with Crippen molar-refractivity contribution in [1.29, 1.82) is 0 Å². The quantitative estimate of drug-likeness (QED) is 0.852. The van der Waals surface area contributed by atoms with E-state index in [4.69, 9.17) is 14.9 Å². The van der Waals surface area contributed by atoms with E-state index in [0.717, 1.165) is 12.8 Å². The molecule has 1 aromatic rings. The first kappa shape index (κ1) is 17.3. The third-order valence-corrected chi connectivity index (χ3v) is 4.29. The minimum absolute atomic E-state index is 0.0143.